The van der Waals surface area contributed by atoms with Gasteiger partial charge in [0.2, 0.25) is 0 Å². The highest BCUT2D eigenvalue weighted by Crippen LogP contribution is 2.23. The summed E-state index contributed by atoms with van der Waals surface area (Å²) in [5, 5.41) is 2.93. The Hall–Kier alpha value is -2.62. The zero-order valence-electron chi connectivity index (χ0n) is 15.3. The minimum Gasteiger partial charge on any atom is -0.449 e. The molecule has 0 aliphatic heterocycles. The first-order valence-corrected chi connectivity index (χ1v) is 8.65. The van der Waals surface area contributed by atoms with Gasteiger partial charge in [0.25, 0.3) is 5.91 Å². The van der Waals surface area contributed by atoms with Gasteiger partial charge in [0.1, 0.15) is 0 Å². The number of rotatable bonds is 6. The molecule has 0 aromatic heterocycles. The van der Waals surface area contributed by atoms with Crippen LogP contribution in [-0.4, -0.2) is 18.0 Å². The van der Waals surface area contributed by atoms with Crippen molar-refractivity contribution >= 4 is 17.6 Å². The van der Waals surface area contributed by atoms with Crippen molar-refractivity contribution in [1.29, 1.82) is 0 Å². The Balaban J connectivity index is 2.10. The van der Waals surface area contributed by atoms with E-state index in [2.05, 4.69) is 5.32 Å². The molecule has 0 heterocycles. The van der Waals surface area contributed by atoms with Crippen LogP contribution in [0.2, 0.25) is 0 Å². The van der Waals surface area contributed by atoms with E-state index in [1.54, 1.807) is 25.1 Å². The molecule has 2 aromatic rings. The summed E-state index contributed by atoms with van der Waals surface area (Å²) >= 11 is 0. The maximum Gasteiger partial charge on any atom is 0.338 e. The van der Waals surface area contributed by atoms with Gasteiger partial charge in [0.05, 0.1) is 5.56 Å². The van der Waals surface area contributed by atoms with Gasteiger partial charge in [-0.1, -0.05) is 49.7 Å². The number of carbonyl (C=O) groups excluding carboxylic acids is 2. The van der Waals surface area contributed by atoms with Crippen LogP contribution in [0.3, 0.4) is 0 Å². The highest BCUT2D eigenvalue weighted by Gasteiger charge is 2.20. The Morgan fingerprint density at radius 3 is 2.20 bits per heavy atom. The Kier molecular flexibility index (Phi) is 6.34. The molecular weight excluding hydrogens is 314 g/mol. The van der Waals surface area contributed by atoms with Gasteiger partial charge < -0.3 is 10.1 Å². The molecule has 4 heteroatoms. The number of anilines is 1. The summed E-state index contributed by atoms with van der Waals surface area (Å²) in [6, 6.07) is 13.1. The maximum absolute atomic E-state index is 12.5. The van der Waals surface area contributed by atoms with Crippen LogP contribution in [0.15, 0.2) is 42.5 Å². The number of amides is 1. The molecule has 0 aliphatic rings. The highest BCUT2D eigenvalue weighted by molar-refractivity contribution is 5.98. The average Bonchev–Trinajstić information content (AvgIpc) is 2.61. The first-order valence-electron chi connectivity index (χ1n) is 8.65. The molecule has 0 radical (unpaired) electrons. The molecule has 2 aromatic carbocycles. The summed E-state index contributed by atoms with van der Waals surface area (Å²) in [7, 11) is 0. The molecule has 1 N–H and O–H groups in total. The molecule has 4 nitrogen and oxygen atoms in total. The summed E-state index contributed by atoms with van der Waals surface area (Å²) in [6.45, 7) is 7.58. The van der Waals surface area contributed by atoms with Crippen LogP contribution in [-0.2, 0) is 22.4 Å². The summed E-state index contributed by atoms with van der Waals surface area (Å²) in [5.74, 6) is -0.817. The number of hydrogen-bond acceptors (Lipinski definition) is 3. The minimum absolute atomic E-state index is 0.323. The Morgan fingerprint density at radius 2 is 1.64 bits per heavy atom. The zero-order valence-corrected chi connectivity index (χ0v) is 15.3. The van der Waals surface area contributed by atoms with E-state index < -0.39 is 12.1 Å². The summed E-state index contributed by atoms with van der Waals surface area (Å²) < 4.78 is 5.32. The van der Waals surface area contributed by atoms with Crippen LogP contribution >= 0.6 is 0 Å². The normalized spacial score (nSPS) is 11.7. The van der Waals surface area contributed by atoms with Crippen molar-refractivity contribution in [2.45, 2.75) is 46.6 Å². The Morgan fingerprint density at radius 1 is 1.04 bits per heavy atom. The third-order valence-corrected chi connectivity index (χ3v) is 4.15. The third-order valence-electron chi connectivity index (χ3n) is 4.15. The Labute approximate surface area is 149 Å². The van der Waals surface area contributed by atoms with E-state index in [9.17, 15) is 9.59 Å². The number of ether oxygens (including phenoxy) is 1. The largest absolute Gasteiger partial charge is 0.449 e. The molecule has 132 valence electrons. The van der Waals surface area contributed by atoms with Gasteiger partial charge in [-0.05, 0) is 49.9 Å². The average molecular weight is 339 g/mol. The molecule has 0 aliphatic carbocycles. The molecule has 25 heavy (non-hydrogen) atoms. The molecule has 1 amide bonds. The number of hydrogen-bond donors (Lipinski definition) is 1. The van der Waals surface area contributed by atoms with Gasteiger partial charge in [-0.25, -0.2) is 4.79 Å². The molecule has 0 saturated carbocycles. The lowest BCUT2D eigenvalue weighted by Gasteiger charge is -2.18. The van der Waals surface area contributed by atoms with Gasteiger partial charge in [-0.15, -0.1) is 0 Å². The predicted octanol–water partition coefficient (Wildman–Crippen LogP) is 4.30. The van der Waals surface area contributed by atoms with E-state index in [1.165, 1.54) is 0 Å². The van der Waals surface area contributed by atoms with Crippen molar-refractivity contribution in [1.82, 2.24) is 0 Å². The SMILES string of the molecule is CCc1cccc(CC)c1NC(=O)C(C)OC(=O)c1cccc(C)c1. The van der Waals surface area contributed by atoms with Crippen LogP contribution in [0.4, 0.5) is 5.69 Å². The van der Waals surface area contributed by atoms with Crippen LogP contribution in [0.25, 0.3) is 0 Å². The molecular formula is C21H25NO3. The molecule has 0 saturated heterocycles. The summed E-state index contributed by atoms with van der Waals surface area (Å²) in [5.41, 5.74) is 4.39. The smallest absolute Gasteiger partial charge is 0.338 e. The molecule has 0 spiro atoms. The third kappa shape index (κ3) is 4.69. The van der Waals surface area contributed by atoms with E-state index in [0.717, 1.165) is 35.2 Å². The number of benzene rings is 2. The minimum atomic E-state index is -0.873. The number of aryl methyl sites for hydroxylation is 3. The van der Waals surface area contributed by atoms with Gasteiger partial charge in [-0.3, -0.25) is 4.79 Å². The van der Waals surface area contributed by atoms with E-state index in [0.29, 0.717) is 5.56 Å². The predicted molar refractivity (Wildman–Crippen MR) is 99.9 cm³/mol. The van der Waals surface area contributed by atoms with Crippen molar-refractivity contribution in [3.63, 3.8) is 0 Å². The van der Waals surface area contributed by atoms with Crippen LogP contribution in [0.1, 0.15) is 47.8 Å². The first-order chi connectivity index (χ1) is 12.0. The van der Waals surface area contributed by atoms with Crippen molar-refractivity contribution in [2.24, 2.45) is 0 Å². The topological polar surface area (TPSA) is 55.4 Å². The van der Waals surface area contributed by atoms with Crippen molar-refractivity contribution in [2.75, 3.05) is 5.32 Å². The van der Waals surface area contributed by atoms with Gasteiger partial charge >= 0.3 is 5.97 Å². The van der Waals surface area contributed by atoms with E-state index in [1.807, 2.05) is 45.0 Å². The zero-order chi connectivity index (χ0) is 18.4. The molecule has 1 unspecified atom stereocenters. The summed E-state index contributed by atoms with van der Waals surface area (Å²) in [6.07, 6.45) is 0.768. The van der Waals surface area contributed by atoms with Crippen LogP contribution < -0.4 is 5.32 Å². The summed E-state index contributed by atoms with van der Waals surface area (Å²) in [4.78, 5) is 24.7. The second kappa shape index (κ2) is 8.47. The first kappa shape index (κ1) is 18.7. The number of nitrogens with one attached hydrogen (secondary N) is 1. The van der Waals surface area contributed by atoms with Crippen LogP contribution in [0, 0.1) is 6.92 Å². The standard InChI is InChI=1S/C21H25NO3/c1-5-16-10-8-11-17(6-2)19(16)22-20(23)15(4)25-21(24)18-12-7-9-14(3)13-18/h7-13,15H,5-6H2,1-4H3,(H,22,23). The second-order valence-corrected chi connectivity index (χ2v) is 6.06. The van der Waals surface area contributed by atoms with E-state index >= 15 is 0 Å². The fraction of sp³-hybridized carbons (Fsp3) is 0.333. The lowest BCUT2D eigenvalue weighted by atomic mass is 10.0. The maximum atomic E-state index is 12.5. The number of esters is 1. The quantitative estimate of drug-likeness (QED) is 0.798. The van der Waals surface area contributed by atoms with Crippen LogP contribution in [0.5, 0.6) is 0 Å². The lowest BCUT2D eigenvalue weighted by molar-refractivity contribution is -0.123. The van der Waals surface area contributed by atoms with Gasteiger partial charge in [0.15, 0.2) is 6.10 Å². The fourth-order valence-electron chi connectivity index (χ4n) is 2.68. The Bertz CT molecular complexity index is 745. The molecule has 1 atom stereocenters. The molecule has 0 fully saturated rings. The second-order valence-electron chi connectivity index (χ2n) is 6.06. The van der Waals surface area contributed by atoms with Crippen molar-refractivity contribution in [3.8, 4) is 0 Å². The van der Waals surface area contributed by atoms with Crippen molar-refractivity contribution in [3.05, 3.63) is 64.7 Å². The lowest BCUT2D eigenvalue weighted by Crippen LogP contribution is -2.30. The van der Waals surface area contributed by atoms with Gasteiger partial charge in [0, 0.05) is 5.69 Å². The number of para-hydroxylation sites is 1. The molecule has 2 rings (SSSR count). The highest BCUT2D eigenvalue weighted by atomic mass is 16.5. The number of carbonyl (C=O) groups is 2. The van der Waals surface area contributed by atoms with E-state index in [-0.39, 0.29) is 5.91 Å². The molecule has 0 bridgehead atoms. The monoisotopic (exact) mass is 339 g/mol. The van der Waals surface area contributed by atoms with Gasteiger partial charge in [-0.2, -0.15) is 0 Å². The van der Waals surface area contributed by atoms with Crippen molar-refractivity contribution < 1.29 is 14.3 Å². The fourth-order valence-corrected chi connectivity index (χ4v) is 2.68. The van der Waals surface area contributed by atoms with E-state index in [4.69, 9.17) is 4.74 Å².